The summed E-state index contributed by atoms with van der Waals surface area (Å²) in [7, 11) is 0. The van der Waals surface area contributed by atoms with Gasteiger partial charge in [-0.1, -0.05) is 42.8 Å². The molecule has 0 aliphatic carbocycles. The Kier molecular flexibility index (Phi) is 10.3. The zero-order valence-corrected chi connectivity index (χ0v) is 23.3. The van der Waals surface area contributed by atoms with E-state index in [0.717, 1.165) is 19.4 Å². The Hall–Kier alpha value is -3.60. The summed E-state index contributed by atoms with van der Waals surface area (Å²) in [5.41, 5.74) is 1.75. The number of hydrogen-bond donors (Lipinski definition) is 1. The van der Waals surface area contributed by atoms with E-state index >= 15 is 0 Å². The molecule has 3 aromatic rings. The van der Waals surface area contributed by atoms with Crippen molar-refractivity contribution in [3.8, 4) is 17.4 Å². The Morgan fingerprint density at radius 1 is 0.976 bits per heavy atom. The zero-order chi connectivity index (χ0) is 29.4. The van der Waals surface area contributed by atoms with Gasteiger partial charge in [0.05, 0.1) is 0 Å². The number of likely N-dealkylation sites (tertiary alicyclic amines) is 1. The lowest BCUT2D eigenvalue weighted by atomic mass is 9.97. The number of rotatable bonds is 12. The minimum Gasteiger partial charge on any atom is -0.454 e. The molecule has 1 saturated heterocycles. The second-order valence-corrected chi connectivity index (χ2v) is 10.5. The molecule has 1 aliphatic heterocycles. The fourth-order valence-electron chi connectivity index (χ4n) is 5.00. The maximum Gasteiger partial charge on any atom is 0.422 e. The fraction of sp³-hybridized carbons (Fsp3) is 0.467. The first-order valence-electron chi connectivity index (χ1n) is 13.9. The van der Waals surface area contributed by atoms with Crippen molar-refractivity contribution in [1.29, 1.82) is 0 Å². The van der Waals surface area contributed by atoms with Gasteiger partial charge in [-0.2, -0.15) is 28.1 Å². The van der Waals surface area contributed by atoms with Crippen molar-refractivity contribution in [1.82, 2.24) is 19.9 Å². The normalized spacial score (nSPS) is 17.8. The van der Waals surface area contributed by atoms with Gasteiger partial charge in [-0.3, -0.25) is 9.69 Å². The van der Waals surface area contributed by atoms with E-state index in [0.29, 0.717) is 35.2 Å². The van der Waals surface area contributed by atoms with Crippen molar-refractivity contribution in [3.63, 3.8) is 0 Å². The van der Waals surface area contributed by atoms with Gasteiger partial charge in [0.2, 0.25) is 5.95 Å². The smallest absolute Gasteiger partial charge is 0.422 e. The Balaban J connectivity index is 1.39. The van der Waals surface area contributed by atoms with Gasteiger partial charge in [-0.25, -0.2) is 4.39 Å². The maximum atomic E-state index is 13.2. The molecule has 11 heteroatoms. The average Bonchev–Trinajstić information content (AvgIpc) is 2.95. The number of aromatic nitrogens is 3. The number of carbonyl (C=O) groups excluding carboxylic acids is 1. The Morgan fingerprint density at radius 3 is 2.32 bits per heavy atom. The second-order valence-electron chi connectivity index (χ2n) is 10.5. The summed E-state index contributed by atoms with van der Waals surface area (Å²) in [6, 6.07) is 13.0. The van der Waals surface area contributed by atoms with Crippen LogP contribution in [0.15, 0.2) is 48.5 Å². The fourth-order valence-corrected chi connectivity index (χ4v) is 5.00. The number of Topliss-reactive ketones (excluding diaryl/α,β-unsaturated/α-hetero) is 1. The van der Waals surface area contributed by atoms with E-state index in [4.69, 9.17) is 4.74 Å². The number of piperidine rings is 1. The minimum atomic E-state index is -4.57. The highest BCUT2D eigenvalue weighted by Crippen LogP contribution is 2.24. The molecule has 2 atom stereocenters. The number of halogens is 4. The zero-order valence-electron chi connectivity index (χ0n) is 23.3. The van der Waals surface area contributed by atoms with Gasteiger partial charge >= 0.3 is 12.2 Å². The predicted octanol–water partition coefficient (Wildman–Crippen LogP) is 6.85. The standard InChI is InChI=1S/C30H35F4N5O2/c1-20-6-5-7-21(2)39(20)17-4-3-8-26(40)23-11-13-24(14-12-23)27-36-28(35-18-22-9-15-25(31)16-10-22)38-29(37-27)41-19-30(32,33)34/h9-16,20-21H,3-8,17-19H2,1-2H3,(H,35,36,37,38). The highest BCUT2D eigenvalue weighted by molar-refractivity contribution is 5.96. The summed E-state index contributed by atoms with van der Waals surface area (Å²) in [5, 5.41) is 2.91. The van der Waals surface area contributed by atoms with Gasteiger partial charge in [0, 0.05) is 36.2 Å². The molecule has 4 rings (SSSR count). The first kappa shape index (κ1) is 30.4. The number of hydrogen-bond acceptors (Lipinski definition) is 7. The monoisotopic (exact) mass is 573 g/mol. The van der Waals surface area contributed by atoms with Crippen molar-refractivity contribution in [2.24, 2.45) is 0 Å². The molecule has 1 aromatic heterocycles. The molecule has 7 nitrogen and oxygen atoms in total. The van der Waals surface area contributed by atoms with Crippen LogP contribution in [0.2, 0.25) is 0 Å². The highest BCUT2D eigenvalue weighted by Gasteiger charge is 2.29. The van der Waals surface area contributed by atoms with Crippen LogP contribution in [0.1, 0.15) is 68.3 Å². The molecule has 1 N–H and O–H groups in total. The maximum absolute atomic E-state index is 13.2. The largest absolute Gasteiger partial charge is 0.454 e. The van der Waals surface area contributed by atoms with E-state index in [1.54, 1.807) is 36.4 Å². The van der Waals surface area contributed by atoms with Crippen LogP contribution in [0.4, 0.5) is 23.5 Å². The van der Waals surface area contributed by atoms with Crippen molar-refractivity contribution in [2.75, 3.05) is 18.5 Å². The van der Waals surface area contributed by atoms with Crippen molar-refractivity contribution >= 4 is 11.7 Å². The number of alkyl halides is 3. The van der Waals surface area contributed by atoms with Gasteiger partial charge in [-0.15, -0.1) is 0 Å². The molecule has 0 saturated carbocycles. The molecule has 0 radical (unpaired) electrons. The molecule has 1 fully saturated rings. The Bertz CT molecular complexity index is 1280. The van der Waals surface area contributed by atoms with Crippen molar-refractivity contribution < 1.29 is 27.1 Å². The summed E-state index contributed by atoms with van der Waals surface area (Å²) in [5.74, 6) is -0.276. The molecule has 0 amide bonds. The molecular formula is C30H35F4N5O2. The summed E-state index contributed by atoms with van der Waals surface area (Å²) in [6.45, 7) is 4.17. The van der Waals surface area contributed by atoms with Crippen LogP contribution in [0.5, 0.6) is 6.01 Å². The van der Waals surface area contributed by atoms with E-state index in [1.807, 2.05) is 0 Å². The van der Waals surface area contributed by atoms with Crippen LogP contribution in [0.25, 0.3) is 11.4 Å². The molecule has 1 aliphatic rings. The second kappa shape index (κ2) is 13.8. The number of carbonyl (C=O) groups is 1. The Morgan fingerprint density at radius 2 is 1.66 bits per heavy atom. The van der Waals surface area contributed by atoms with Crippen LogP contribution in [-0.2, 0) is 6.54 Å². The third kappa shape index (κ3) is 9.21. The number of nitrogens with zero attached hydrogens (tertiary/aromatic N) is 4. The lowest BCUT2D eigenvalue weighted by Gasteiger charge is -2.39. The molecule has 2 unspecified atom stereocenters. The Labute approximate surface area is 237 Å². The molecular weight excluding hydrogens is 538 g/mol. The molecule has 2 aromatic carbocycles. The lowest BCUT2D eigenvalue weighted by Crippen LogP contribution is -2.44. The number of ketones is 1. The topological polar surface area (TPSA) is 80.2 Å². The number of nitrogens with one attached hydrogen (secondary N) is 1. The van der Waals surface area contributed by atoms with Crippen molar-refractivity contribution in [2.45, 2.75) is 77.2 Å². The van der Waals surface area contributed by atoms with Crippen LogP contribution in [0.3, 0.4) is 0 Å². The van der Waals surface area contributed by atoms with Crippen LogP contribution >= 0.6 is 0 Å². The van der Waals surface area contributed by atoms with Gasteiger partial charge in [-0.05, 0) is 63.8 Å². The number of anilines is 1. The molecule has 0 spiro atoms. The van der Waals surface area contributed by atoms with Crippen LogP contribution in [-0.4, -0.2) is 57.0 Å². The van der Waals surface area contributed by atoms with E-state index in [9.17, 15) is 22.4 Å². The van der Waals surface area contributed by atoms with Crippen LogP contribution < -0.4 is 10.1 Å². The van der Waals surface area contributed by atoms with Gasteiger partial charge in [0.15, 0.2) is 18.2 Å². The van der Waals surface area contributed by atoms with Gasteiger partial charge in [0.25, 0.3) is 0 Å². The highest BCUT2D eigenvalue weighted by atomic mass is 19.4. The van der Waals surface area contributed by atoms with E-state index < -0.39 is 18.8 Å². The summed E-state index contributed by atoms with van der Waals surface area (Å²) >= 11 is 0. The van der Waals surface area contributed by atoms with E-state index in [-0.39, 0.29) is 29.9 Å². The first-order valence-corrected chi connectivity index (χ1v) is 13.9. The third-order valence-electron chi connectivity index (χ3n) is 7.26. The molecule has 41 heavy (non-hydrogen) atoms. The number of unbranched alkanes of at least 4 members (excludes halogenated alkanes) is 1. The summed E-state index contributed by atoms with van der Waals surface area (Å²) in [4.78, 5) is 27.6. The molecule has 2 heterocycles. The van der Waals surface area contributed by atoms with Crippen LogP contribution in [0, 0.1) is 5.82 Å². The lowest BCUT2D eigenvalue weighted by molar-refractivity contribution is -0.154. The molecule has 220 valence electrons. The quantitative estimate of drug-likeness (QED) is 0.144. The SMILES string of the molecule is CC1CCCC(C)N1CCCCC(=O)c1ccc(-c2nc(NCc3ccc(F)cc3)nc(OCC(F)(F)F)n2)cc1. The van der Waals surface area contributed by atoms with Crippen molar-refractivity contribution in [3.05, 3.63) is 65.5 Å². The summed E-state index contributed by atoms with van der Waals surface area (Å²) in [6.07, 6.45) is 1.34. The number of benzene rings is 2. The predicted molar refractivity (Wildman–Crippen MR) is 148 cm³/mol. The van der Waals surface area contributed by atoms with Gasteiger partial charge in [0.1, 0.15) is 5.82 Å². The summed E-state index contributed by atoms with van der Waals surface area (Å²) < 4.78 is 56.2. The minimum absolute atomic E-state index is 0.00556. The van der Waals surface area contributed by atoms with E-state index in [2.05, 4.69) is 39.0 Å². The van der Waals surface area contributed by atoms with E-state index in [1.165, 1.54) is 31.4 Å². The third-order valence-corrected chi connectivity index (χ3v) is 7.26. The number of ether oxygens (including phenoxy) is 1. The average molecular weight is 574 g/mol. The molecule has 0 bridgehead atoms. The van der Waals surface area contributed by atoms with Gasteiger partial charge < -0.3 is 10.1 Å². The first-order chi connectivity index (χ1) is 19.6.